The smallest absolute Gasteiger partial charge is 0.134 e. The summed E-state index contributed by atoms with van der Waals surface area (Å²) in [6.45, 7) is 2.58. The summed E-state index contributed by atoms with van der Waals surface area (Å²) in [4.78, 5) is 0. The highest BCUT2D eigenvalue weighted by Crippen LogP contribution is 2.28. The van der Waals surface area contributed by atoms with Crippen LogP contribution < -0.4 is 5.73 Å². The average Bonchev–Trinajstić information content (AvgIpc) is 2.77. The number of aryl methyl sites for hydroxylation is 1. The van der Waals surface area contributed by atoms with Gasteiger partial charge >= 0.3 is 0 Å². The van der Waals surface area contributed by atoms with Gasteiger partial charge in [0.1, 0.15) is 11.5 Å². The van der Waals surface area contributed by atoms with E-state index in [0.29, 0.717) is 6.54 Å². The quantitative estimate of drug-likeness (QED) is 0.930. The number of nitrogens with two attached hydrogens (primary N) is 1. The van der Waals surface area contributed by atoms with Gasteiger partial charge in [0.05, 0.1) is 6.54 Å². The van der Waals surface area contributed by atoms with Gasteiger partial charge in [-0.05, 0) is 42.3 Å². The summed E-state index contributed by atoms with van der Waals surface area (Å²) in [5.74, 6) is 1.71. The fourth-order valence-electron chi connectivity index (χ4n) is 1.73. The summed E-state index contributed by atoms with van der Waals surface area (Å²) < 4.78 is 6.76. The predicted molar refractivity (Wildman–Crippen MR) is 69.1 cm³/mol. The van der Waals surface area contributed by atoms with Crippen molar-refractivity contribution in [3.8, 4) is 11.3 Å². The van der Waals surface area contributed by atoms with E-state index in [9.17, 15) is 0 Å². The van der Waals surface area contributed by atoms with Crippen LogP contribution in [0.1, 0.15) is 18.2 Å². The Morgan fingerprint density at radius 2 is 2.06 bits per heavy atom. The van der Waals surface area contributed by atoms with Crippen LogP contribution in [0, 0.1) is 0 Å². The first-order chi connectivity index (χ1) is 7.74. The summed E-state index contributed by atoms with van der Waals surface area (Å²) in [5.41, 5.74) is 7.95. The molecule has 84 valence electrons. The molecule has 0 bridgehead atoms. The molecule has 0 unspecified atom stereocenters. The van der Waals surface area contributed by atoms with Gasteiger partial charge in [0.2, 0.25) is 0 Å². The van der Waals surface area contributed by atoms with E-state index in [4.69, 9.17) is 10.2 Å². The molecule has 0 saturated heterocycles. The minimum absolute atomic E-state index is 0.442. The number of hydrogen-bond donors (Lipinski definition) is 1. The van der Waals surface area contributed by atoms with Crippen LogP contribution in [0.3, 0.4) is 0 Å². The van der Waals surface area contributed by atoms with Gasteiger partial charge in [-0.2, -0.15) is 0 Å². The van der Waals surface area contributed by atoms with Gasteiger partial charge in [-0.25, -0.2) is 0 Å². The molecule has 2 rings (SSSR count). The average molecular weight is 280 g/mol. The Kier molecular flexibility index (Phi) is 3.46. The molecule has 0 radical (unpaired) electrons. The first-order valence-electron chi connectivity index (χ1n) is 5.32. The van der Waals surface area contributed by atoms with Crippen molar-refractivity contribution < 1.29 is 4.42 Å². The first-order valence-corrected chi connectivity index (χ1v) is 6.11. The lowest BCUT2D eigenvalue weighted by molar-refractivity contribution is 0.525. The van der Waals surface area contributed by atoms with E-state index < -0.39 is 0 Å². The molecular formula is C13H14BrNO. The number of halogens is 1. The van der Waals surface area contributed by atoms with E-state index in [1.807, 2.05) is 18.2 Å². The molecule has 0 fully saturated rings. The van der Waals surface area contributed by atoms with Gasteiger partial charge in [-0.15, -0.1) is 0 Å². The second-order valence-corrected chi connectivity index (χ2v) is 4.54. The lowest BCUT2D eigenvalue weighted by Crippen LogP contribution is -1.92. The van der Waals surface area contributed by atoms with Crippen LogP contribution in [0.5, 0.6) is 0 Å². The third-order valence-electron chi connectivity index (χ3n) is 2.58. The highest BCUT2D eigenvalue weighted by Gasteiger charge is 2.08. The zero-order chi connectivity index (χ0) is 11.5. The number of hydrogen-bond acceptors (Lipinski definition) is 2. The zero-order valence-electron chi connectivity index (χ0n) is 9.16. The Balaban J connectivity index is 2.46. The van der Waals surface area contributed by atoms with E-state index in [2.05, 4.69) is 35.0 Å². The van der Waals surface area contributed by atoms with Gasteiger partial charge in [0, 0.05) is 10.0 Å². The van der Waals surface area contributed by atoms with Crippen molar-refractivity contribution in [2.24, 2.45) is 5.73 Å². The molecule has 1 aromatic carbocycles. The van der Waals surface area contributed by atoms with E-state index in [-0.39, 0.29) is 0 Å². The van der Waals surface area contributed by atoms with Gasteiger partial charge < -0.3 is 10.2 Å². The molecule has 0 aliphatic heterocycles. The maximum Gasteiger partial charge on any atom is 0.134 e. The van der Waals surface area contributed by atoms with Crippen LogP contribution in [-0.4, -0.2) is 0 Å². The van der Waals surface area contributed by atoms with Crippen molar-refractivity contribution in [3.05, 3.63) is 46.1 Å². The predicted octanol–water partition coefficient (Wildman–Crippen LogP) is 3.73. The van der Waals surface area contributed by atoms with Crippen molar-refractivity contribution in [2.45, 2.75) is 19.9 Å². The molecule has 16 heavy (non-hydrogen) atoms. The Morgan fingerprint density at radius 1 is 1.25 bits per heavy atom. The third kappa shape index (κ3) is 2.20. The summed E-state index contributed by atoms with van der Waals surface area (Å²) >= 11 is 3.48. The van der Waals surface area contributed by atoms with Gasteiger partial charge in [0.25, 0.3) is 0 Å². The van der Waals surface area contributed by atoms with Crippen LogP contribution in [0.4, 0.5) is 0 Å². The van der Waals surface area contributed by atoms with E-state index in [1.165, 1.54) is 5.56 Å². The minimum atomic E-state index is 0.442. The molecule has 0 saturated carbocycles. The first kappa shape index (κ1) is 11.4. The molecule has 1 aromatic heterocycles. The Bertz CT molecular complexity index is 490. The Hall–Kier alpha value is -1.06. The number of benzene rings is 1. The van der Waals surface area contributed by atoms with Crippen LogP contribution in [0.15, 0.2) is 39.2 Å². The van der Waals surface area contributed by atoms with Crippen LogP contribution >= 0.6 is 15.9 Å². The van der Waals surface area contributed by atoms with Crippen molar-refractivity contribution in [3.63, 3.8) is 0 Å². The second-order valence-electron chi connectivity index (χ2n) is 3.63. The molecule has 2 aromatic rings. The minimum Gasteiger partial charge on any atom is -0.460 e. The molecule has 0 spiro atoms. The fourth-order valence-corrected chi connectivity index (χ4v) is 2.14. The maximum atomic E-state index is 5.66. The second kappa shape index (κ2) is 4.85. The zero-order valence-corrected chi connectivity index (χ0v) is 10.8. The SMILES string of the molecule is CCc1cc(Br)ccc1-c1ccc(CN)o1. The fraction of sp³-hybridized carbons (Fsp3) is 0.231. The third-order valence-corrected chi connectivity index (χ3v) is 3.07. The molecule has 2 N–H and O–H groups in total. The number of furan rings is 1. The van der Waals surface area contributed by atoms with E-state index in [1.54, 1.807) is 0 Å². The van der Waals surface area contributed by atoms with Crippen LogP contribution in [0.25, 0.3) is 11.3 Å². The van der Waals surface area contributed by atoms with E-state index >= 15 is 0 Å². The van der Waals surface area contributed by atoms with Gasteiger partial charge in [-0.1, -0.05) is 22.9 Å². The van der Waals surface area contributed by atoms with Crippen molar-refractivity contribution >= 4 is 15.9 Å². The van der Waals surface area contributed by atoms with E-state index in [0.717, 1.165) is 28.0 Å². The van der Waals surface area contributed by atoms with Gasteiger partial charge in [-0.3, -0.25) is 0 Å². The molecular weight excluding hydrogens is 266 g/mol. The molecule has 0 atom stereocenters. The molecule has 3 heteroatoms. The summed E-state index contributed by atoms with van der Waals surface area (Å²) in [7, 11) is 0. The Labute approximate surface area is 104 Å². The highest BCUT2D eigenvalue weighted by molar-refractivity contribution is 9.10. The summed E-state index contributed by atoms with van der Waals surface area (Å²) in [6.07, 6.45) is 0.980. The van der Waals surface area contributed by atoms with Crippen molar-refractivity contribution in [1.29, 1.82) is 0 Å². The monoisotopic (exact) mass is 279 g/mol. The summed E-state index contributed by atoms with van der Waals surface area (Å²) in [6, 6.07) is 10.1. The molecule has 2 nitrogen and oxygen atoms in total. The molecule has 1 heterocycles. The topological polar surface area (TPSA) is 39.2 Å². The highest BCUT2D eigenvalue weighted by atomic mass is 79.9. The van der Waals surface area contributed by atoms with Crippen molar-refractivity contribution in [2.75, 3.05) is 0 Å². The normalized spacial score (nSPS) is 10.7. The standard InChI is InChI=1S/C13H14BrNO/c1-2-9-7-10(14)3-5-12(9)13-6-4-11(8-15)16-13/h3-7H,2,8,15H2,1H3. The van der Waals surface area contributed by atoms with Gasteiger partial charge in [0.15, 0.2) is 0 Å². The van der Waals surface area contributed by atoms with Crippen LogP contribution in [0.2, 0.25) is 0 Å². The Morgan fingerprint density at radius 3 is 2.69 bits per heavy atom. The number of rotatable bonds is 3. The summed E-state index contributed by atoms with van der Waals surface area (Å²) in [5, 5.41) is 0. The lowest BCUT2D eigenvalue weighted by Gasteiger charge is -2.05. The molecule has 0 aliphatic carbocycles. The maximum absolute atomic E-state index is 5.66. The van der Waals surface area contributed by atoms with Crippen molar-refractivity contribution in [1.82, 2.24) is 0 Å². The lowest BCUT2D eigenvalue weighted by atomic mass is 10.0. The van der Waals surface area contributed by atoms with Crippen LogP contribution in [-0.2, 0) is 13.0 Å². The molecule has 0 amide bonds. The largest absolute Gasteiger partial charge is 0.460 e. The molecule has 0 aliphatic rings.